The molecule has 1 aromatic carbocycles. The van der Waals surface area contributed by atoms with Gasteiger partial charge in [0.2, 0.25) is 0 Å². The Balaban J connectivity index is 2.05. The fourth-order valence-electron chi connectivity index (χ4n) is 3.00. The van der Waals surface area contributed by atoms with Crippen LogP contribution in [-0.4, -0.2) is 18.3 Å². The minimum Gasteiger partial charge on any atom is -0.316 e. The van der Waals surface area contributed by atoms with Crippen LogP contribution in [0.4, 0.5) is 0 Å². The molecule has 1 nitrogen and oxygen atoms in total. The van der Waals surface area contributed by atoms with Crippen LogP contribution in [0.3, 0.4) is 0 Å². The molecule has 1 aliphatic carbocycles. The van der Waals surface area contributed by atoms with E-state index in [-0.39, 0.29) is 5.41 Å². The van der Waals surface area contributed by atoms with Crippen LogP contribution in [0.1, 0.15) is 52.5 Å². The average Bonchev–Trinajstić information content (AvgIpc) is 2.38. The Morgan fingerprint density at radius 3 is 2.30 bits per heavy atom. The Bertz CT molecular complexity index is 418. The lowest BCUT2D eigenvalue weighted by Gasteiger charge is -2.34. The lowest BCUT2D eigenvalue weighted by Crippen LogP contribution is -2.40. The van der Waals surface area contributed by atoms with Gasteiger partial charge in [-0.1, -0.05) is 39.8 Å². The first-order valence-corrected chi connectivity index (χ1v) is 8.72. The Morgan fingerprint density at radius 1 is 1.10 bits per heavy atom. The van der Waals surface area contributed by atoms with Crippen molar-refractivity contribution in [3.63, 3.8) is 0 Å². The second kappa shape index (κ2) is 6.53. The van der Waals surface area contributed by atoms with Gasteiger partial charge in [-0.15, -0.1) is 11.8 Å². The van der Waals surface area contributed by atoms with Gasteiger partial charge in [-0.2, -0.15) is 0 Å². The van der Waals surface area contributed by atoms with Crippen LogP contribution >= 0.6 is 11.8 Å². The Hall–Kier alpha value is -0.470. The highest BCUT2D eigenvalue weighted by molar-refractivity contribution is 8.00. The van der Waals surface area contributed by atoms with Crippen molar-refractivity contribution in [1.29, 1.82) is 0 Å². The van der Waals surface area contributed by atoms with Gasteiger partial charge in [0.15, 0.2) is 0 Å². The smallest absolute Gasteiger partial charge is 0.0250 e. The SMILES string of the molecule is CNC1CCC(C)CC1Sc1ccc(C(C)(C)C)cc1. The summed E-state index contributed by atoms with van der Waals surface area (Å²) in [5.74, 6) is 0.867. The molecule has 0 bridgehead atoms. The normalized spacial score (nSPS) is 27.6. The molecule has 0 radical (unpaired) electrons. The summed E-state index contributed by atoms with van der Waals surface area (Å²) < 4.78 is 0. The zero-order valence-corrected chi connectivity index (χ0v) is 14.4. The van der Waals surface area contributed by atoms with Crippen molar-refractivity contribution >= 4 is 11.8 Å². The van der Waals surface area contributed by atoms with E-state index in [0.29, 0.717) is 11.3 Å². The molecule has 3 atom stereocenters. The summed E-state index contributed by atoms with van der Waals surface area (Å²) in [6.07, 6.45) is 4.01. The third-order valence-corrected chi connectivity index (χ3v) is 5.80. The molecule has 0 aliphatic heterocycles. The predicted octanol–water partition coefficient (Wildman–Crippen LogP) is 4.85. The van der Waals surface area contributed by atoms with E-state index in [2.05, 4.69) is 76.1 Å². The number of nitrogens with one attached hydrogen (secondary N) is 1. The van der Waals surface area contributed by atoms with Crippen molar-refractivity contribution < 1.29 is 0 Å². The summed E-state index contributed by atoms with van der Waals surface area (Å²) in [4.78, 5) is 1.41. The first-order chi connectivity index (χ1) is 9.40. The maximum atomic E-state index is 3.51. The first-order valence-electron chi connectivity index (χ1n) is 7.84. The number of rotatable bonds is 3. The second-order valence-electron chi connectivity index (χ2n) is 7.24. The van der Waals surface area contributed by atoms with Crippen molar-refractivity contribution in [2.45, 2.75) is 68.6 Å². The van der Waals surface area contributed by atoms with Gasteiger partial charge < -0.3 is 5.32 Å². The highest BCUT2D eigenvalue weighted by atomic mass is 32.2. The maximum Gasteiger partial charge on any atom is 0.0250 e. The number of benzene rings is 1. The van der Waals surface area contributed by atoms with Gasteiger partial charge in [-0.25, -0.2) is 0 Å². The molecule has 2 rings (SSSR count). The molecule has 20 heavy (non-hydrogen) atoms. The van der Waals surface area contributed by atoms with Gasteiger partial charge in [0.1, 0.15) is 0 Å². The van der Waals surface area contributed by atoms with Gasteiger partial charge >= 0.3 is 0 Å². The second-order valence-corrected chi connectivity index (χ2v) is 8.56. The zero-order valence-electron chi connectivity index (χ0n) is 13.6. The summed E-state index contributed by atoms with van der Waals surface area (Å²) in [6.45, 7) is 9.21. The van der Waals surface area contributed by atoms with Crippen LogP contribution in [0.25, 0.3) is 0 Å². The van der Waals surface area contributed by atoms with E-state index in [9.17, 15) is 0 Å². The van der Waals surface area contributed by atoms with E-state index in [1.165, 1.54) is 29.7 Å². The summed E-state index contributed by atoms with van der Waals surface area (Å²) in [5.41, 5.74) is 1.67. The molecule has 1 saturated carbocycles. The molecule has 0 aromatic heterocycles. The highest BCUT2D eigenvalue weighted by Crippen LogP contribution is 2.37. The first kappa shape index (κ1) is 15.9. The van der Waals surface area contributed by atoms with E-state index in [1.54, 1.807) is 0 Å². The van der Waals surface area contributed by atoms with E-state index < -0.39 is 0 Å². The number of hydrogen-bond donors (Lipinski definition) is 1. The van der Waals surface area contributed by atoms with Crippen molar-refractivity contribution in [2.75, 3.05) is 7.05 Å². The Morgan fingerprint density at radius 2 is 1.75 bits per heavy atom. The summed E-state index contributed by atoms with van der Waals surface area (Å²) >= 11 is 2.06. The topological polar surface area (TPSA) is 12.0 Å². The van der Waals surface area contributed by atoms with Gasteiger partial charge in [0.25, 0.3) is 0 Å². The molecule has 1 fully saturated rings. The van der Waals surface area contributed by atoms with E-state index in [0.717, 1.165) is 5.92 Å². The van der Waals surface area contributed by atoms with Crippen LogP contribution in [-0.2, 0) is 5.41 Å². The Labute approximate surface area is 128 Å². The van der Waals surface area contributed by atoms with E-state index in [4.69, 9.17) is 0 Å². The molecule has 0 heterocycles. The molecule has 0 amide bonds. The van der Waals surface area contributed by atoms with Crippen molar-refractivity contribution in [3.05, 3.63) is 29.8 Å². The zero-order chi connectivity index (χ0) is 14.8. The largest absolute Gasteiger partial charge is 0.316 e. The third-order valence-electron chi connectivity index (χ3n) is 4.43. The monoisotopic (exact) mass is 291 g/mol. The van der Waals surface area contributed by atoms with Crippen molar-refractivity contribution in [2.24, 2.45) is 5.92 Å². The molecule has 3 unspecified atom stereocenters. The molecular formula is C18H29NS. The van der Waals surface area contributed by atoms with Crippen LogP contribution in [0.2, 0.25) is 0 Å². The fourth-order valence-corrected chi connectivity index (χ4v) is 4.50. The molecule has 0 spiro atoms. The third kappa shape index (κ3) is 4.02. The van der Waals surface area contributed by atoms with Crippen LogP contribution < -0.4 is 5.32 Å². The molecule has 1 aliphatic rings. The predicted molar refractivity (Wildman–Crippen MR) is 90.6 cm³/mol. The maximum absolute atomic E-state index is 3.51. The Kier molecular flexibility index (Phi) is 5.19. The van der Waals surface area contributed by atoms with E-state index >= 15 is 0 Å². The lowest BCUT2D eigenvalue weighted by atomic mass is 9.87. The summed E-state index contributed by atoms with van der Waals surface area (Å²) in [6, 6.07) is 9.86. The van der Waals surface area contributed by atoms with Crippen molar-refractivity contribution in [3.8, 4) is 0 Å². The number of hydrogen-bond acceptors (Lipinski definition) is 2. The lowest BCUT2D eigenvalue weighted by molar-refractivity contribution is 0.329. The van der Waals surface area contributed by atoms with Gasteiger partial charge in [-0.3, -0.25) is 0 Å². The van der Waals surface area contributed by atoms with E-state index in [1.807, 2.05) is 0 Å². The minimum atomic E-state index is 0.246. The minimum absolute atomic E-state index is 0.246. The molecular weight excluding hydrogens is 262 g/mol. The fraction of sp³-hybridized carbons (Fsp3) is 0.667. The highest BCUT2D eigenvalue weighted by Gasteiger charge is 2.28. The summed E-state index contributed by atoms with van der Waals surface area (Å²) in [5, 5.41) is 4.22. The van der Waals surface area contributed by atoms with Crippen molar-refractivity contribution in [1.82, 2.24) is 5.32 Å². The standard InChI is InChI=1S/C18H29NS/c1-13-6-11-16(19-5)17(12-13)20-15-9-7-14(8-10-15)18(2,3)4/h7-10,13,16-17,19H,6,11-12H2,1-5H3. The number of thioether (sulfide) groups is 1. The average molecular weight is 292 g/mol. The quantitative estimate of drug-likeness (QED) is 0.854. The molecule has 2 heteroatoms. The van der Waals surface area contributed by atoms with Crippen LogP contribution in [0, 0.1) is 5.92 Å². The van der Waals surface area contributed by atoms with Crippen LogP contribution in [0.15, 0.2) is 29.2 Å². The summed E-state index contributed by atoms with van der Waals surface area (Å²) in [7, 11) is 2.11. The molecule has 0 saturated heterocycles. The van der Waals surface area contributed by atoms with Gasteiger partial charge in [0, 0.05) is 16.2 Å². The van der Waals surface area contributed by atoms with Crippen LogP contribution in [0.5, 0.6) is 0 Å². The molecule has 112 valence electrons. The molecule has 1 N–H and O–H groups in total. The van der Waals surface area contributed by atoms with Gasteiger partial charge in [0.05, 0.1) is 0 Å². The molecule has 1 aromatic rings. The van der Waals surface area contributed by atoms with Gasteiger partial charge in [-0.05, 0) is 55.3 Å².